The predicted molar refractivity (Wildman–Crippen MR) is 96.3 cm³/mol. The molecule has 1 saturated heterocycles. The summed E-state index contributed by atoms with van der Waals surface area (Å²) < 4.78 is 16.1. The molecular weight excluding hydrogens is 344 g/mol. The summed E-state index contributed by atoms with van der Waals surface area (Å²) in [5.41, 5.74) is 2.12. The first-order valence-electron chi connectivity index (χ1n) is 9.09. The molecule has 0 radical (unpaired) electrons. The summed E-state index contributed by atoms with van der Waals surface area (Å²) in [5.74, 6) is -1.23. The third-order valence-corrected chi connectivity index (χ3v) is 6.60. The lowest BCUT2D eigenvalue weighted by Gasteiger charge is -2.53. The zero-order chi connectivity index (χ0) is 18.8. The van der Waals surface area contributed by atoms with Gasteiger partial charge in [-0.25, -0.2) is 4.79 Å². The minimum absolute atomic E-state index is 0.00670. The van der Waals surface area contributed by atoms with Crippen LogP contribution in [0.15, 0.2) is 48.5 Å². The fourth-order valence-corrected chi connectivity index (χ4v) is 5.45. The van der Waals surface area contributed by atoms with Gasteiger partial charge in [-0.05, 0) is 28.7 Å². The number of esters is 2. The van der Waals surface area contributed by atoms with Gasteiger partial charge in [-0.1, -0.05) is 48.5 Å². The number of fused-ring (bicyclic) bond motifs is 1. The summed E-state index contributed by atoms with van der Waals surface area (Å²) in [6.45, 7) is 0.169. The second-order valence-corrected chi connectivity index (χ2v) is 7.52. The topological polar surface area (TPSA) is 65.1 Å². The fraction of sp³-hybridized carbons (Fsp3) is 0.364. The van der Waals surface area contributed by atoms with Crippen molar-refractivity contribution in [1.29, 1.82) is 0 Å². The molecule has 2 atom stereocenters. The number of rotatable bonds is 3. The van der Waals surface area contributed by atoms with E-state index in [1.165, 1.54) is 25.3 Å². The Kier molecular flexibility index (Phi) is 3.32. The molecular formula is C22H20O5. The molecule has 3 aliphatic carbocycles. The summed E-state index contributed by atoms with van der Waals surface area (Å²) >= 11 is 0. The quantitative estimate of drug-likeness (QED) is 0.619. The summed E-state index contributed by atoms with van der Waals surface area (Å²) in [4.78, 5) is 26.1. The Morgan fingerprint density at radius 2 is 1.37 bits per heavy atom. The number of hydrogen-bond acceptors (Lipinski definition) is 5. The number of carbonyl (C=O) groups is 2. The lowest BCUT2D eigenvalue weighted by atomic mass is 9.48. The zero-order valence-corrected chi connectivity index (χ0v) is 15.2. The van der Waals surface area contributed by atoms with Crippen molar-refractivity contribution in [2.45, 2.75) is 23.9 Å². The third-order valence-electron chi connectivity index (χ3n) is 6.60. The second-order valence-electron chi connectivity index (χ2n) is 7.52. The van der Waals surface area contributed by atoms with Gasteiger partial charge >= 0.3 is 11.9 Å². The van der Waals surface area contributed by atoms with E-state index in [9.17, 15) is 9.59 Å². The molecule has 1 fully saturated rings. The van der Waals surface area contributed by atoms with E-state index in [1.54, 1.807) is 0 Å². The molecule has 2 aromatic carbocycles. The van der Waals surface area contributed by atoms with Crippen LogP contribution in [0.2, 0.25) is 0 Å². The molecule has 0 spiro atoms. The lowest BCUT2D eigenvalue weighted by Crippen LogP contribution is -2.59. The van der Waals surface area contributed by atoms with E-state index in [1.807, 2.05) is 36.4 Å². The normalized spacial score (nSPS) is 32.2. The predicted octanol–water partition coefficient (Wildman–Crippen LogP) is 2.77. The lowest BCUT2D eigenvalue weighted by molar-refractivity contribution is -0.172. The summed E-state index contributed by atoms with van der Waals surface area (Å²) in [6.07, 6.45) is 0.466. The highest BCUT2D eigenvalue weighted by Crippen LogP contribution is 2.68. The van der Waals surface area contributed by atoms with Gasteiger partial charge in [0.15, 0.2) is 0 Å². The molecule has 2 aromatic rings. The van der Waals surface area contributed by atoms with E-state index in [0.29, 0.717) is 6.42 Å². The first kappa shape index (κ1) is 16.5. The van der Waals surface area contributed by atoms with Crippen molar-refractivity contribution < 1.29 is 23.8 Å². The highest BCUT2D eigenvalue weighted by molar-refractivity contribution is 5.95. The van der Waals surface area contributed by atoms with Gasteiger partial charge in [0.05, 0.1) is 20.8 Å². The molecule has 5 nitrogen and oxygen atoms in total. The summed E-state index contributed by atoms with van der Waals surface area (Å²) in [5, 5.41) is 0. The van der Waals surface area contributed by atoms with Gasteiger partial charge in [-0.2, -0.15) is 0 Å². The van der Waals surface area contributed by atoms with Crippen molar-refractivity contribution >= 4 is 11.9 Å². The molecule has 1 heterocycles. The van der Waals surface area contributed by atoms with Crippen molar-refractivity contribution in [3.63, 3.8) is 0 Å². The molecule has 27 heavy (non-hydrogen) atoms. The fourth-order valence-electron chi connectivity index (χ4n) is 5.45. The average molecular weight is 364 g/mol. The monoisotopic (exact) mass is 364 g/mol. The smallest absolute Gasteiger partial charge is 0.341 e. The van der Waals surface area contributed by atoms with Crippen molar-refractivity contribution in [3.05, 3.63) is 70.8 Å². The van der Waals surface area contributed by atoms with Gasteiger partial charge in [0, 0.05) is 11.8 Å². The maximum Gasteiger partial charge on any atom is 0.341 e. The van der Waals surface area contributed by atoms with Crippen molar-refractivity contribution in [3.8, 4) is 0 Å². The largest absolute Gasteiger partial charge is 0.468 e. The Labute approximate surface area is 157 Å². The van der Waals surface area contributed by atoms with E-state index >= 15 is 0 Å². The number of ether oxygens (including phenoxy) is 3. The van der Waals surface area contributed by atoms with E-state index in [4.69, 9.17) is 14.2 Å². The van der Waals surface area contributed by atoms with E-state index in [0.717, 1.165) is 11.1 Å². The van der Waals surface area contributed by atoms with E-state index in [2.05, 4.69) is 12.1 Å². The molecule has 2 bridgehead atoms. The number of carbonyl (C=O) groups excluding carboxylic acids is 2. The number of methoxy groups -OCH3 is 2. The van der Waals surface area contributed by atoms with Crippen LogP contribution in [-0.4, -0.2) is 38.4 Å². The highest BCUT2D eigenvalue weighted by Gasteiger charge is 2.77. The van der Waals surface area contributed by atoms with Crippen molar-refractivity contribution in [1.82, 2.24) is 0 Å². The van der Waals surface area contributed by atoms with Crippen LogP contribution < -0.4 is 0 Å². The number of epoxide rings is 1. The Morgan fingerprint density at radius 1 is 0.889 bits per heavy atom. The van der Waals surface area contributed by atoms with Gasteiger partial charge < -0.3 is 14.2 Å². The van der Waals surface area contributed by atoms with Crippen LogP contribution >= 0.6 is 0 Å². The van der Waals surface area contributed by atoms with Gasteiger partial charge in [0.2, 0.25) is 5.60 Å². The van der Waals surface area contributed by atoms with Crippen LogP contribution in [0.3, 0.4) is 0 Å². The molecule has 1 aliphatic heterocycles. The van der Waals surface area contributed by atoms with Gasteiger partial charge in [-0.3, -0.25) is 4.79 Å². The minimum Gasteiger partial charge on any atom is -0.468 e. The summed E-state index contributed by atoms with van der Waals surface area (Å²) in [7, 11) is 2.71. The van der Waals surface area contributed by atoms with Crippen molar-refractivity contribution in [2.24, 2.45) is 5.41 Å². The molecule has 0 aromatic heterocycles. The average Bonchev–Trinajstić information content (AvgIpc) is 3.54. The van der Waals surface area contributed by atoms with Gasteiger partial charge in [-0.15, -0.1) is 0 Å². The van der Waals surface area contributed by atoms with Crippen LogP contribution in [0.5, 0.6) is 0 Å². The molecule has 0 saturated carbocycles. The van der Waals surface area contributed by atoms with Crippen molar-refractivity contribution in [2.75, 3.05) is 20.8 Å². The molecule has 0 N–H and O–H groups in total. The Hall–Kier alpha value is -2.66. The molecule has 4 aliphatic rings. The zero-order valence-electron chi connectivity index (χ0n) is 15.2. The van der Waals surface area contributed by atoms with Crippen LogP contribution in [0.1, 0.15) is 40.5 Å². The van der Waals surface area contributed by atoms with E-state index in [-0.39, 0.29) is 18.4 Å². The first-order chi connectivity index (χ1) is 13.1. The Balaban J connectivity index is 1.83. The SMILES string of the molecule is COC(=O)C1([C@@]2(C(=O)OC)CO2)CC2c3ccccc3C1c1ccccc12. The molecule has 5 heteroatoms. The standard InChI is InChI=1S/C22H20O5/c1-25-19(23)21(22(12-27-22)20(24)26-2)11-17-13-7-3-5-9-15(13)18(21)16-10-6-4-8-14(16)17/h3-10,17-18H,11-12H2,1-2H3/t17?,18?,21?,22-/m0/s1. The van der Waals surface area contributed by atoms with Crippen LogP contribution in [0.4, 0.5) is 0 Å². The first-order valence-corrected chi connectivity index (χ1v) is 9.09. The maximum absolute atomic E-state index is 13.3. The number of hydrogen-bond donors (Lipinski definition) is 0. The number of benzene rings is 2. The van der Waals surface area contributed by atoms with Crippen LogP contribution in [-0.2, 0) is 23.8 Å². The maximum atomic E-state index is 13.3. The third kappa shape index (κ3) is 1.82. The molecule has 0 amide bonds. The molecule has 138 valence electrons. The highest BCUT2D eigenvalue weighted by atomic mass is 16.6. The molecule has 6 rings (SSSR count). The second kappa shape index (κ2) is 5.42. The Bertz CT molecular complexity index is 913. The summed E-state index contributed by atoms with van der Waals surface area (Å²) in [6, 6.07) is 16.3. The van der Waals surface area contributed by atoms with E-state index < -0.39 is 23.0 Å². The van der Waals surface area contributed by atoms with Gasteiger partial charge in [0.1, 0.15) is 5.41 Å². The van der Waals surface area contributed by atoms with Gasteiger partial charge in [0.25, 0.3) is 0 Å². The van der Waals surface area contributed by atoms with Crippen LogP contribution in [0.25, 0.3) is 0 Å². The van der Waals surface area contributed by atoms with Crippen LogP contribution in [0, 0.1) is 5.41 Å². The minimum atomic E-state index is -1.29. The Morgan fingerprint density at radius 3 is 1.81 bits per heavy atom. The molecule has 1 unspecified atom stereocenters.